The second-order valence-corrected chi connectivity index (χ2v) is 6.00. The molecule has 0 N–H and O–H groups in total. The topological polar surface area (TPSA) is 29.5 Å². The molecule has 0 saturated carbocycles. The van der Waals surface area contributed by atoms with Gasteiger partial charge in [0.25, 0.3) is 0 Å². The number of Topliss-reactive ketones (excluding diaryl/α,β-unsaturated/α-hetero) is 1. The number of ether oxygens (including phenoxy) is 1. The molecule has 3 heteroatoms. The lowest BCUT2D eigenvalue weighted by atomic mass is 10.0. The van der Waals surface area contributed by atoms with Crippen LogP contribution in [0.15, 0.2) is 36.4 Å². The predicted molar refractivity (Wildman–Crippen MR) is 89.7 cm³/mol. The van der Waals surface area contributed by atoms with Crippen molar-refractivity contribution in [1.29, 1.82) is 0 Å². The zero-order valence-corrected chi connectivity index (χ0v) is 13.2. The van der Waals surface area contributed by atoms with Crippen LogP contribution in [0.25, 0.3) is 10.8 Å². The molecule has 0 radical (unpaired) electrons. The van der Waals surface area contributed by atoms with Gasteiger partial charge in [0.2, 0.25) is 0 Å². The Morgan fingerprint density at radius 3 is 2.55 bits per heavy atom. The van der Waals surface area contributed by atoms with Crippen LogP contribution in [0.4, 0.5) is 0 Å². The highest BCUT2D eigenvalue weighted by atomic mass is 16.5. The lowest BCUT2D eigenvalue weighted by Gasteiger charge is -2.25. The molecule has 116 valence electrons. The summed E-state index contributed by atoms with van der Waals surface area (Å²) in [6.45, 7) is 3.18. The summed E-state index contributed by atoms with van der Waals surface area (Å²) in [6, 6.07) is 11.9. The van der Waals surface area contributed by atoms with Crippen molar-refractivity contribution in [2.24, 2.45) is 0 Å². The molecule has 0 aromatic heterocycles. The first-order valence-electron chi connectivity index (χ1n) is 8.09. The van der Waals surface area contributed by atoms with E-state index < -0.39 is 0 Å². The van der Waals surface area contributed by atoms with E-state index in [-0.39, 0.29) is 5.78 Å². The number of nitrogens with zero attached hydrogens (tertiary/aromatic N) is 1. The van der Waals surface area contributed by atoms with Gasteiger partial charge < -0.3 is 9.64 Å². The number of ketones is 1. The van der Waals surface area contributed by atoms with Crippen molar-refractivity contribution < 1.29 is 9.53 Å². The zero-order chi connectivity index (χ0) is 15.4. The second-order valence-electron chi connectivity index (χ2n) is 6.00. The third kappa shape index (κ3) is 3.47. The number of methoxy groups -OCH3 is 1. The van der Waals surface area contributed by atoms with E-state index in [0.717, 1.165) is 41.7 Å². The predicted octanol–water partition coefficient (Wildman–Crippen LogP) is 3.91. The molecule has 3 nitrogen and oxygen atoms in total. The molecule has 0 unspecified atom stereocenters. The van der Waals surface area contributed by atoms with Crippen LogP contribution in [0, 0.1) is 0 Å². The van der Waals surface area contributed by atoms with Gasteiger partial charge in [0.1, 0.15) is 5.75 Å². The van der Waals surface area contributed by atoms with Crippen LogP contribution >= 0.6 is 0 Å². The average Bonchev–Trinajstić information content (AvgIpc) is 2.59. The summed E-state index contributed by atoms with van der Waals surface area (Å²) in [5, 5.41) is 2.19. The molecule has 1 aliphatic rings. The molecule has 1 heterocycles. The minimum Gasteiger partial charge on any atom is -0.497 e. The molecule has 0 spiro atoms. The van der Waals surface area contributed by atoms with Crippen molar-refractivity contribution in [1.82, 2.24) is 4.90 Å². The van der Waals surface area contributed by atoms with Gasteiger partial charge in [-0.3, -0.25) is 4.79 Å². The Hall–Kier alpha value is -1.87. The van der Waals surface area contributed by atoms with E-state index in [1.807, 2.05) is 36.4 Å². The fraction of sp³-hybridized carbons (Fsp3) is 0.421. The van der Waals surface area contributed by atoms with Gasteiger partial charge in [-0.25, -0.2) is 0 Å². The average molecular weight is 297 g/mol. The van der Waals surface area contributed by atoms with Gasteiger partial charge in [0.15, 0.2) is 5.78 Å². The lowest BCUT2D eigenvalue weighted by Crippen LogP contribution is -2.31. The normalized spacial score (nSPS) is 15.9. The first-order valence-corrected chi connectivity index (χ1v) is 8.09. The summed E-state index contributed by atoms with van der Waals surface area (Å²) in [5.74, 6) is 1.08. The van der Waals surface area contributed by atoms with Crippen LogP contribution in [-0.4, -0.2) is 37.4 Å². The Labute approximate surface area is 131 Å². The highest BCUT2D eigenvalue weighted by Gasteiger charge is 2.13. The zero-order valence-electron chi connectivity index (χ0n) is 13.2. The van der Waals surface area contributed by atoms with Gasteiger partial charge in [0, 0.05) is 18.5 Å². The molecule has 1 saturated heterocycles. The van der Waals surface area contributed by atoms with E-state index in [9.17, 15) is 4.79 Å². The Bertz CT molecular complexity index is 660. The minimum atomic E-state index is 0.239. The Kier molecular flexibility index (Phi) is 4.74. The van der Waals surface area contributed by atoms with E-state index in [1.54, 1.807) is 7.11 Å². The van der Waals surface area contributed by atoms with Crippen LogP contribution in [0.5, 0.6) is 5.75 Å². The molecular formula is C19H23NO2. The number of benzene rings is 2. The van der Waals surface area contributed by atoms with Crippen molar-refractivity contribution in [3.63, 3.8) is 0 Å². The smallest absolute Gasteiger partial charge is 0.164 e. The van der Waals surface area contributed by atoms with E-state index in [0.29, 0.717) is 6.42 Å². The van der Waals surface area contributed by atoms with Crippen LogP contribution in [0.1, 0.15) is 36.0 Å². The molecule has 1 fully saturated rings. The maximum atomic E-state index is 12.4. The molecule has 2 aromatic carbocycles. The number of hydrogen-bond acceptors (Lipinski definition) is 3. The number of fused-ring (bicyclic) bond motifs is 1. The van der Waals surface area contributed by atoms with E-state index >= 15 is 0 Å². The maximum Gasteiger partial charge on any atom is 0.164 e. The summed E-state index contributed by atoms with van der Waals surface area (Å²) in [4.78, 5) is 14.8. The van der Waals surface area contributed by atoms with Crippen molar-refractivity contribution in [3.05, 3.63) is 42.0 Å². The number of hydrogen-bond donors (Lipinski definition) is 0. The van der Waals surface area contributed by atoms with Crippen molar-refractivity contribution in [3.8, 4) is 5.75 Å². The number of piperidine rings is 1. The first-order chi connectivity index (χ1) is 10.8. The molecule has 0 atom stereocenters. The molecule has 22 heavy (non-hydrogen) atoms. The first kappa shape index (κ1) is 15.0. The Morgan fingerprint density at radius 1 is 1.05 bits per heavy atom. The monoisotopic (exact) mass is 297 g/mol. The van der Waals surface area contributed by atoms with Gasteiger partial charge in [-0.1, -0.05) is 24.6 Å². The summed E-state index contributed by atoms with van der Waals surface area (Å²) in [7, 11) is 1.67. The molecule has 2 aromatic rings. The number of carbonyl (C=O) groups is 1. The van der Waals surface area contributed by atoms with Gasteiger partial charge in [0.05, 0.1) is 7.11 Å². The fourth-order valence-electron chi connectivity index (χ4n) is 3.11. The number of carbonyl (C=O) groups excluding carboxylic acids is 1. The van der Waals surface area contributed by atoms with Crippen LogP contribution < -0.4 is 4.74 Å². The quantitative estimate of drug-likeness (QED) is 0.784. The van der Waals surface area contributed by atoms with Gasteiger partial charge in [-0.15, -0.1) is 0 Å². The standard InChI is InChI=1S/C19H23NO2/c1-22-18-8-7-15-13-17(6-5-16(15)14-18)19(21)9-12-20-10-3-2-4-11-20/h5-8,13-14H,2-4,9-12H2,1H3. The fourth-order valence-corrected chi connectivity index (χ4v) is 3.11. The van der Waals surface area contributed by atoms with E-state index in [2.05, 4.69) is 4.90 Å². The van der Waals surface area contributed by atoms with Crippen molar-refractivity contribution >= 4 is 16.6 Å². The number of likely N-dealkylation sites (tertiary alicyclic amines) is 1. The maximum absolute atomic E-state index is 12.4. The SMILES string of the molecule is COc1ccc2cc(C(=O)CCN3CCCCC3)ccc2c1. The second kappa shape index (κ2) is 6.93. The molecule has 0 amide bonds. The summed E-state index contributed by atoms with van der Waals surface area (Å²) >= 11 is 0. The molecule has 3 rings (SSSR count). The van der Waals surface area contributed by atoms with Crippen LogP contribution in [0.2, 0.25) is 0 Å². The molecular weight excluding hydrogens is 274 g/mol. The van der Waals surface area contributed by atoms with E-state index in [4.69, 9.17) is 4.74 Å². The summed E-state index contributed by atoms with van der Waals surface area (Å²) in [5.41, 5.74) is 0.815. The van der Waals surface area contributed by atoms with Gasteiger partial charge >= 0.3 is 0 Å². The summed E-state index contributed by atoms with van der Waals surface area (Å²) in [6.07, 6.45) is 4.48. The highest BCUT2D eigenvalue weighted by molar-refractivity contribution is 6.00. The Balaban J connectivity index is 1.68. The minimum absolute atomic E-state index is 0.239. The van der Waals surface area contributed by atoms with Crippen LogP contribution in [-0.2, 0) is 0 Å². The van der Waals surface area contributed by atoms with Crippen molar-refractivity contribution in [2.75, 3.05) is 26.7 Å². The molecule has 0 aliphatic carbocycles. The molecule has 1 aliphatic heterocycles. The summed E-state index contributed by atoms with van der Waals surface area (Å²) < 4.78 is 5.23. The van der Waals surface area contributed by atoms with Crippen LogP contribution in [0.3, 0.4) is 0 Å². The molecule has 0 bridgehead atoms. The largest absolute Gasteiger partial charge is 0.497 e. The van der Waals surface area contributed by atoms with E-state index in [1.165, 1.54) is 19.3 Å². The van der Waals surface area contributed by atoms with Gasteiger partial charge in [-0.05, 0) is 54.9 Å². The van der Waals surface area contributed by atoms with Gasteiger partial charge in [-0.2, -0.15) is 0 Å². The number of rotatable bonds is 5. The Morgan fingerprint density at radius 2 is 1.77 bits per heavy atom. The third-order valence-corrected chi connectivity index (χ3v) is 4.47. The lowest BCUT2D eigenvalue weighted by molar-refractivity contribution is 0.0959. The van der Waals surface area contributed by atoms with Crippen molar-refractivity contribution in [2.45, 2.75) is 25.7 Å². The highest BCUT2D eigenvalue weighted by Crippen LogP contribution is 2.22. The third-order valence-electron chi connectivity index (χ3n) is 4.47.